The summed E-state index contributed by atoms with van der Waals surface area (Å²) in [6.45, 7) is 5.21. The molecular weight excluding hydrogens is 708 g/mol. The van der Waals surface area contributed by atoms with Crippen LogP contribution in [0.2, 0.25) is 0 Å². The Morgan fingerprint density at radius 1 is 0.844 bits per heavy atom. The molecule has 3 N–H and O–H groups in total. The van der Waals surface area contributed by atoms with Crippen molar-refractivity contribution >= 4 is 66.4 Å². The number of anilines is 4. The summed E-state index contributed by atoms with van der Waals surface area (Å²) >= 11 is 7.14. The van der Waals surface area contributed by atoms with E-state index in [0.717, 1.165) is 76.8 Å². The SMILES string of the molecule is COc1ccc(CN2CCN(c3nc(NCCNc4ncnc5c(Br)cc(Br)cc45)nc(NC4CC4)n3)CC2)c(OC)c1OC. The number of benzene rings is 2. The third-order valence-electron chi connectivity index (χ3n) is 7.73. The minimum Gasteiger partial charge on any atom is -0.493 e. The van der Waals surface area contributed by atoms with Gasteiger partial charge in [0.05, 0.1) is 26.8 Å². The molecule has 2 aromatic heterocycles. The number of nitrogens with zero attached hydrogens (tertiary/aromatic N) is 7. The van der Waals surface area contributed by atoms with Crippen LogP contribution < -0.4 is 35.1 Å². The summed E-state index contributed by atoms with van der Waals surface area (Å²) in [5.74, 6) is 4.54. The summed E-state index contributed by atoms with van der Waals surface area (Å²) in [5.41, 5.74) is 1.90. The Balaban J connectivity index is 1.09. The fourth-order valence-corrected chi connectivity index (χ4v) is 6.61. The molecule has 6 rings (SSSR count). The van der Waals surface area contributed by atoms with Crippen LogP contribution in [-0.4, -0.2) is 96.5 Å². The third kappa shape index (κ3) is 7.42. The maximum atomic E-state index is 5.70. The van der Waals surface area contributed by atoms with Crippen LogP contribution in [0.15, 0.2) is 39.5 Å². The second-order valence-corrected chi connectivity index (χ2v) is 12.6. The van der Waals surface area contributed by atoms with E-state index in [9.17, 15) is 0 Å². The monoisotopic (exact) mass is 742 g/mol. The predicted octanol–water partition coefficient (Wildman–Crippen LogP) is 4.79. The van der Waals surface area contributed by atoms with Crippen LogP contribution in [0.4, 0.5) is 23.7 Å². The van der Waals surface area contributed by atoms with Crippen molar-refractivity contribution in [2.45, 2.75) is 25.4 Å². The lowest BCUT2D eigenvalue weighted by Crippen LogP contribution is -2.46. The molecule has 4 aromatic rings. The molecule has 1 aliphatic carbocycles. The van der Waals surface area contributed by atoms with Gasteiger partial charge in [-0.05, 0) is 47.0 Å². The lowest BCUT2D eigenvalue weighted by molar-refractivity contribution is 0.242. The molecule has 13 nitrogen and oxygen atoms in total. The quantitative estimate of drug-likeness (QED) is 0.162. The van der Waals surface area contributed by atoms with Gasteiger partial charge in [-0.2, -0.15) is 15.0 Å². The van der Waals surface area contributed by atoms with Crippen molar-refractivity contribution in [3.63, 3.8) is 0 Å². The van der Waals surface area contributed by atoms with E-state index in [1.807, 2.05) is 24.3 Å². The minimum atomic E-state index is 0.424. The molecule has 1 saturated heterocycles. The van der Waals surface area contributed by atoms with Crippen molar-refractivity contribution in [3.8, 4) is 17.2 Å². The topological polar surface area (TPSA) is 135 Å². The predicted molar refractivity (Wildman–Crippen MR) is 182 cm³/mol. The van der Waals surface area contributed by atoms with E-state index in [1.54, 1.807) is 27.7 Å². The van der Waals surface area contributed by atoms with Gasteiger partial charge in [0.1, 0.15) is 12.1 Å². The average molecular weight is 744 g/mol. The van der Waals surface area contributed by atoms with Crippen LogP contribution in [-0.2, 0) is 6.54 Å². The lowest BCUT2D eigenvalue weighted by Gasteiger charge is -2.35. The van der Waals surface area contributed by atoms with E-state index in [4.69, 9.17) is 24.2 Å². The number of aromatic nitrogens is 5. The summed E-state index contributed by atoms with van der Waals surface area (Å²) in [6, 6.07) is 8.36. The second-order valence-electron chi connectivity index (χ2n) is 10.8. The van der Waals surface area contributed by atoms with Gasteiger partial charge in [-0.15, -0.1) is 0 Å². The van der Waals surface area contributed by atoms with Crippen molar-refractivity contribution in [1.29, 1.82) is 0 Å². The number of piperazine rings is 1. The zero-order valence-electron chi connectivity index (χ0n) is 25.4. The number of halogens is 2. The first-order chi connectivity index (χ1) is 21.9. The van der Waals surface area contributed by atoms with Gasteiger partial charge in [-0.3, -0.25) is 4.90 Å². The first-order valence-electron chi connectivity index (χ1n) is 14.8. The summed E-state index contributed by atoms with van der Waals surface area (Å²) in [7, 11) is 4.91. The van der Waals surface area contributed by atoms with Gasteiger partial charge in [0.25, 0.3) is 0 Å². The van der Waals surface area contributed by atoms with Crippen molar-refractivity contribution in [1.82, 2.24) is 29.8 Å². The highest BCUT2D eigenvalue weighted by molar-refractivity contribution is 9.11. The molecule has 0 radical (unpaired) electrons. The Bertz CT molecular complexity index is 1650. The highest BCUT2D eigenvalue weighted by atomic mass is 79.9. The lowest BCUT2D eigenvalue weighted by atomic mass is 10.1. The van der Waals surface area contributed by atoms with Gasteiger partial charge < -0.3 is 35.1 Å². The standard InChI is InChI=1S/C30H36Br2N10O3/c1-43-23-7-4-18(25(44-2)26(23)45-3)16-41-10-12-42(13-11-41)30-39-28(38-29(40-30)37-20-5-6-20)34-9-8-33-27-21-14-19(31)15-22(32)24(21)35-17-36-27/h4,7,14-15,17,20H,5-6,8-13,16H2,1-3H3,(H,33,35,36)(H2,34,37,38,39,40). The van der Waals surface area contributed by atoms with Crippen LogP contribution in [0.1, 0.15) is 18.4 Å². The highest BCUT2D eigenvalue weighted by Crippen LogP contribution is 2.40. The average Bonchev–Trinajstić information content (AvgIpc) is 3.87. The number of ether oxygens (including phenoxy) is 3. The first kappa shape index (κ1) is 31.3. The Kier molecular flexibility index (Phi) is 9.85. The Morgan fingerprint density at radius 2 is 1.60 bits per heavy atom. The normalized spacial score (nSPS) is 15.2. The largest absolute Gasteiger partial charge is 0.493 e. The fourth-order valence-electron chi connectivity index (χ4n) is 5.28. The zero-order valence-corrected chi connectivity index (χ0v) is 28.6. The van der Waals surface area contributed by atoms with E-state index < -0.39 is 0 Å². The number of fused-ring (bicyclic) bond motifs is 1. The van der Waals surface area contributed by atoms with Crippen LogP contribution in [0, 0.1) is 0 Å². The van der Waals surface area contributed by atoms with Gasteiger partial charge >= 0.3 is 0 Å². The van der Waals surface area contributed by atoms with Gasteiger partial charge in [0.2, 0.25) is 23.6 Å². The van der Waals surface area contributed by atoms with E-state index in [1.165, 1.54) is 0 Å². The second kappa shape index (κ2) is 14.2. The van der Waals surface area contributed by atoms with Crippen LogP contribution in [0.25, 0.3) is 10.9 Å². The Hall–Kier alpha value is -3.69. The number of hydrogen-bond donors (Lipinski definition) is 3. The van der Waals surface area contributed by atoms with Gasteiger partial charge in [-0.25, -0.2) is 9.97 Å². The molecule has 0 amide bonds. The molecule has 3 heterocycles. The number of rotatable bonds is 13. The highest BCUT2D eigenvalue weighted by Gasteiger charge is 2.26. The summed E-state index contributed by atoms with van der Waals surface area (Å²) in [4.78, 5) is 27.7. The molecular formula is C30H36Br2N10O3. The molecule has 2 aromatic carbocycles. The molecule has 2 aliphatic rings. The Labute approximate surface area is 278 Å². The fraction of sp³-hybridized carbons (Fsp3) is 0.433. The molecule has 238 valence electrons. The molecule has 0 bridgehead atoms. The van der Waals surface area contributed by atoms with Crippen molar-refractivity contribution in [2.75, 3.05) is 81.4 Å². The molecule has 45 heavy (non-hydrogen) atoms. The van der Waals surface area contributed by atoms with E-state index in [2.05, 4.69) is 72.6 Å². The van der Waals surface area contributed by atoms with Crippen LogP contribution in [0.3, 0.4) is 0 Å². The summed E-state index contributed by atoms with van der Waals surface area (Å²) < 4.78 is 18.6. The van der Waals surface area contributed by atoms with Crippen LogP contribution in [0.5, 0.6) is 17.2 Å². The Morgan fingerprint density at radius 3 is 2.33 bits per heavy atom. The molecule has 0 spiro atoms. The zero-order chi connectivity index (χ0) is 31.3. The van der Waals surface area contributed by atoms with Gasteiger partial charge in [-0.1, -0.05) is 22.0 Å². The molecule has 0 unspecified atom stereocenters. The van der Waals surface area contributed by atoms with E-state index in [-0.39, 0.29) is 0 Å². The van der Waals surface area contributed by atoms with Crippen molar-refractivity contribution in [2.24, 2.45) is 0 Å². The molecule has 15 heteroatoms. The molecule has 1 aliphatic heterocycles. The van der Waals surface area contributed by atoms with Crippen molar-refractivity contribution < 1.29 is 14.2 Å². The smallest absolute Gasteiger partial charge is 0.232 e. The third-order valence-corrected chi connectivity index (χ3v) is 8.79. The van der Waals surface area contributed by atoms with Gasteiger partial charge in [0.15, 0.2) is 11.5 Å². The summed E-state index contributed by atoms with van der Waals surface area (Å²) in [5, 5.41) is 11.2. The number of methoxy groups -OCH3 is 3. The minimum absolute atomic E-state index is 0.424. The van der Waals surface area contributed by atoms with E-state index >= 15 is 0 Å². The maximum absolute atomic E-state index is 5.70. The molecule has 0 atom stereocenters. The molecule has 1 saturated carbocycles. The van der Waals surface area contributed by atoms with Crippen LogP contribution >= 0.6 is 31.9 Å². The molecule has 2 fully saturated rings. The first-order valence-corrected chi connectivity index (χ1v) is 16.4. The maximum Gasteiger partial charge on any atom is 0.232 e. The van der Waals surface area contributed by atoms with E-state index in [0.29, 0.717) is 54.2 Å². The summed E-state index contributed by atoms with van der Waals surface area (Å²) in [6.07, 6.45) is 3.82. The van der Waals surface area contributed by atoms with Gasteiger partial charge in [0, 0.05) is 71.8 Å². The van der Waals surface area contributed by atoms with Crippen molar-refractivity contribution in [3.05, 3.63) is 45.1 Å². The number of hydrogen-bond acceptors (Lipinski definition) is 13. The number of nitrogens with one attached hydrogen (secondary N) is 3.